The molecule has 0 spiro atoms. The highest BCUT2D eigenvalue weighted by Gasteiger charge is 2.10. The third kappa shape index (κ3) is 3.24. The maximum Gasteiger partial charge on any atom is 0.144 e. The van der Waals surface area contributed by atoms with Gasteiger partial charge in [0.25, 0.3) is 0 Å². The minimum Gasteiger partial charge on any atom is -0.362 e. The summed E-state index contributed by atoms with van der Waals surface area (Å²) in [7, 11) is 0. The van der Waals surface area contributed by atoms with Crippen LogP contribution in [0.2, 0.25) is 5.02 Å². The van der Waals surface area contributed by atoms with Crippen LogP contribution >= 0.6 is 11.6 Å². The summed E-state index contributed by atoms with van der Waals surface area (Å²) >= 11 is 5.98. The van der Waals surface area contributed by atoms with E-state index in [9.17, 15) is 0 Å². The first kappa shape index (κ1) is 13.4. The second-order valence-corrected chi connectivity index (χ2v) is 4.82. The van der Waals surface area contributed by atoms with Crippen molar-refractivity contribution in [3.63, 3.8) is 0 Å². The summed E-state index contributed by atoms with van der Waals surface area (Å²) in [4.78, 5) is 4.37. The fraction of sp³-hybridized carbons (Fsp3) is 0.200. The smallest absolute Gasteiger partial charge is 0.144 e. The summed E-state index contributed by atoms with van der Waals surface area (Å²) in [5, 5.41) is 13.0. The quantitative estimate of drug-likeness (QED) is 0.915. The number of anilines is 1. The molecular formula is C15H14ClN3. The van der Waals surface area contributed by atoms with Crippen molar-refractivity contribution in [1.29, 1.82) is 5.26 Å². The summed E-state index contributed by atoms with van der Waals surface area (Å²) in [6, 6.07) is 13.4. The number of rotatable bonds is 3. The molecule has 0 aliphatic rings. The number of nitriles is 1. The van der Waals surface area contributed by atoms with Crippen molar-refractivity contribution in [2.45, 2.75) is 19.9 Å². The molecule has 1 aromatic heterocycles. The van der Waals surface area contributed by atoms with Crippen molar-refractivity contribution in [2.24, 2.45) is 0 Å². The molecule has 1 heterocycles. The maximum atomic E-state index is 9.09. The Morgan fingerprint density at radius 2 is 2.11 bits per heavy atom. The third-order valence-electron chi connectivity index (χ3n) is 2.86. The van der Waals surface area contributed by atoms with Gasteiger partial charge in [0.15, 0.2) is 0 Å². The molecule has 2 rings (SSSR count). The molecule has 1 aromatic carbocycles. The Morgan fingerprint density at radius 1 is 1.32 bits per heavy atom. The molecule has 2 aromatic rings. The zero-order valence-electron chi connectivity index (χ0n) is 10.8. The monoisotopic (exact) mass is 271 g/mol. The highest BCUT2D eigenvalue weighted by atomic mass is 35.5. The second-order valence-electron chi connectivity index (χ2n) is 4.38. The SMILES string of the molecule is Cc1ccc(C#N)c(NC(C)c2cccc(Cl)c2)n1. The molecule has 0 aliphatic heterocycles. The average molecular weight is 272 g/mol. The van der Waals surface area contributed by atoms with Gasteiger partial charge in [-0.05, 0) is 43.7 Å². The lowest BCUT2D eigenvalue weighted by Crippen LogP contribution is -2.09. The first-order valence-electron chi connectivity index (χ1n) is 6.00. The number of halogens is 1. The Morgan fingerprint density at radius 3 is 2.79 bits per heavy atom. The van der Waals surface area contributed by atoms with Gasteiger partial charge >= 0.3 is 0 Å². The molecule has 0 amide bonds. The molecule has 1 unspecified atom stereocenters. The van der Waals surface area contributed by atoms with Gasteiger partial charge in [-0.3, -0.25) is 0 Å². The summed E-state index contributed by atoms with van der Waals surface area (Å²) in [5.74, 6) is 0.606. The van der Waals surface area contributed by atoms with E-state index >= 15 is 0 Å². The molecule has 1 N–H and O–H groups in total. The number of pyridine rings is 1. The minimum atomic E-state index is 0.0279. The molecule has 3 nitrogen and oxygen atoms in total. The van der Waals surface area contributed by atoms with Gasteiger partial charge in [0.2, 0.25) is 0 Å². The fourth-order valence-corrected chi connectivity index (χ4v) is 2.02. The number of benzene rings is 1. The highest BCUT2D eigenvalue weighted by molar-refractivity contribution is 6.30. The van der Waals surface area contributed by atoms with Crippen molar-refractivity contribution >= 4 is 17.4 Å². The van der Waals surface area contributed by atoms with Crippen LogP contribution in [0.15, 0.2) is 36.4 Å². The van der Waals surface area contributed by atoms with Crippen LogP contribution in [0.4, 0.5) is 5.82 Å². The number of hydrogen-bond donors (Lipinski definition) is 1. The Labute approximate surface area is 117 Å². The lowest BCUT2D eigenvalue weighted by molar-refractivity contribution is 0.871. The lowest BCUT2D eigenvalue weighted by Gasteiger charge is -2.16. The zero-order valence-corrected chi connectivity index (χ0v) is 11.6. The Bertz CT molecular complexity index is 632. The van der Waals surface area contributed by atoms with E-state index in [0.29, 0.717) is 16.4 Å². The van der Waals surface area contributed by atoms with E-state index in [1.807, 2.05) is 44.2 Å². The second kappa shape index (κ2) is 5.73. The van der Waals surface area contributed by atoms with Crippen LogP contribution in [0, 0.1) is 18.3 Å². The van der Waals surface area contributed by atoms with Crippen LogP contribution in [0.1, 0.15) is 29.8 Å². The van der Waals surface area contributed by atoms with E-state index in [2.05, 4.69) is 16.4 Å². The van der Waals surface area contributed by atoms with Gasteiger partial charge in [-0.15, -0.1) is 0 Å². The van der Waals surface area contributed by atoms with Crippen LogP contribution in [0.5, 0.6) is 0 Å². The largest absolute Gasteiger partial charge is 0.362 e. The van der Waals surface area contributed by atoms with Crippen molar-refractivity contribution in [2.75, 3.05) is 5.32 Å². The highest BCUT2D eigenvalue weighted by Crippen LogP contribution is 2.22. The maximum absolute atomic E-state index is 9.09. The predicted molar refractivity (Wildman–Crippen MR) is 77.2 cm³/mol. The standard InChI is InChI=1S/C15H14ClN3/c1-10-6-7-13(9-17)15(18-10)19-11(2)12-4-3-5-14(16)8-12/h3-8,11H,1-2H3,(H,18,19). The minimum absolute atomic E-state index is 0.0279. The van der Waals surface area contributed by atoms with Gasteiger partial charge in [0, 0.05) is 10.7 Å². The van der Waals surface area contributed by atoms with Gasteiger partial charge in [-0.25, -0.2) is 4.98 Å². The number of nitrogens with one attached hydrogen (secondary N) is 1. The summed E-state index contributed by atoms with van der Waals surface area (Å²) < 4.78 is 0. The van der Waals surface area contributed by atoms with E-state index in [1.165, 1.54) is 0 Å². The summed E-state index contributed by atoms with van der Waals surface area (Å²) in [5.41, 5.74) is 2.47. The molecule has 96 valence electrons. The molecule has 4 heteroatoms. The van der Waals surface area contributed by atoms with E-state index in [1.54, 1.807) is 6.07 Å². The summed E-state index contributed by atoms with van der Waals surface area (Å²) in [6.45, 7) is 3.91. The van der Waals surface area contributed by atoms with E-state index in [-0.39, 0.29) is 6.04 Å². The molecule has 0 bridgehead atoms. The lowest BCUT2D eigenvalue weighted by atomic mass is 10.1. The third-order valence-corrected chi connectivity index (χ3v) is 3.09. The van der Waals surface area contributed by atoms with Crippen LogP contribution < -0.4 is 5.32 Å². The Balaban J connectivity index is 2.26. The van der Waals surface area contributed by atoms with Crippen LogP contribution in [-0.4, -0.2) is 4.98 Å². The van der Waals surface area contributed by atoms with E-state index < -0.39 is 0 Å². The first-order valence-corrected chi connectivity index (χ1v) is 6.37. The fourth-order valence-electron chi connectivity index (χ4n) is 1.82. The normalized spacial score (nSPS) is 11.7. The zero-order chi connectivity index (χ0) is 13.8. The van der Waals surface area contributed by atoms with Gasteiger partial charge in [-0.2, -0.15) is 5.26 Å². The first-order chi connectivity index (χ1) is 9.10. The van der Waals surface area contributed by atoms with Gasteiger partial charge in [0.05, 0.1) is 11.6 Å². The van der Waals surface area contributed by atoms with Crippen molar-refractivity contribution < 1.29 is 0 Å². The topological polar surface area (TPSA) is 48.7 Å². The van der Waals surface area contributed by atoms with Gasteiger partial charge < -0.3 is 5.32 Å². The molecule has 19 heavy (non-hydrogen) atoms. The molecule has 1 atom stereocenters. The van der Waals surface area contributed by atoms with Crippen molar-refractivity contribution in [3.8, 4) is 6.07 Å². The molecule has 0 saturated carbocycles. The van der Waals surface area contributed by atoms with Crippen molar-refractivity contribution in [1.82, 2.24) is 4.98 Å². The van der Waals surface area contributed by atoms with E-state index in [4.69, 9.17) is 16.9 Å². The molecule has 0 fully saturated rings. The average Bonchev–Trinajstić information content (AvgIpc) is 2.39. The number of aryl methyl sites for hydroxylation is 1. The molecule has 0 radical (unpaired) electrons. The van der Waals surface area contributed by atoms with Crippen LogP contribution in [-0.2, 0) is 0 Å². The van der Waals surface area contributed by atoms with Gasteiger partial charge in [0.1, 0.15) is 11.9 Å². The van der Waals surface area contributed by atoms with Crippen LogP contribution in [0.25, 0.3) is 0 Å². The van der Waals surface area contributed by atoms with Crippen molar-refractivity contribution in [3.05, 3.63) is 58.2 Å². The molecule has 0 aliphatic carbocycles. The number of aromatic nitrogens is 1. The Hall–Kier alpha value is -2.05. The molecule has 0 saturated heterocycles. The number of nitrogens with zero attached hydrogens (tertiary/aromatic N) is 2. The Kier molecular flexibility index (Phi) is 4.03. The summed E-state index contributed by atoms with van der Waals surface area (Å²) in [6.07, 6.45) is 0. The van der Waals surface area contributed by atoms with E-state index in [0.717, 1.165) is 11.3 Å². The predicted octanol–water partition coefficient (Wildman–Crippen LogP) is 4.09. The molecular weight excluding hydrogens is 258 g/mol. The number of hydrogen-bond acceptors (Lipinski definition) is 3. The van der Waals surface area contributed by atoms with Crippen LogP contribution in [0.3, 0.4) is 0 Å². The van der Waals surface area contributed by atoms with Gasteiger partial charge in [-0.1, -0.05) is 23.7 Å².